The molecule has 1 aromatic heterocycles. The van der Waals surface area contributed by atoms with Gasteiger partial charge in [0, 0.05) is 29.8 Å². The Kier molecular flexibility index (Phi) is 5.31. The first-order valence-corrected chi connectivity index (χ1v) is 8.77. The summed E-state index contributed by atoms with van der Waals surface area (Å²) < 4.78 is 0. The second kappa shape index (κ2) is 7.45. The van der Waals surface area contributed by atoms with Gasteiger partial charge in [-0.3, -0.25) is 9.89 Å². The van der Waals surface area contributed by atoms with Crippen molar-refractivity contribution < 1.29 is 4.79 Å². The lowest BCUT2D eigenvalue weighted by Crippen LogP contribution is -2.48. The molecule has 1 fully saturated rings. The summed E-state index contributed by atoms with van der Waals surface area (Å²) in [5.41, 5.74) is 2.68. The minimum Gasteiger partial charge on any atom is -0.368 e. The number of piperidine rings is 1. The third kappa shape index (κ3) is 4.22. The van der Waals surface area contributed by atoms with E-state index in [0.717, 1.165) is 43.0 Å². The van der Waals surface area contributed by atoms with Gasteiger partial charge in [-0.05, 0) is 44.0 Å². The van der Waals surface area contributed by atoms with Gasteiger partial charge < -0.3 is 10.2 Å². The van der Waals surface area contributed by atoms with Gasteiger partial charge in [-0.1, -0.05) is 23.2 Å². The molecule has 2 N–H and O–H groups in total. The Morgan fingerprint density at radius 3 is 2.96 bits per heavy atom. The highest BCUT2D eigenvalue weighted by molar-refractivity contribution is 6.36. The predicted octanol–water partition coefficient (Wildman–Crippen LogP) is 3.35. The summed E-state index contributed by atoms with van der Waals surface area (Å²) in [6.07, 6.45) is 2.26. The minimum absolute atomic E-state index is 0.00412. The number of nitrogens with zero attached hydrogens (tertiary/aromatic N) is 2. The van der Waals surface area contributed by atoms with Gasteiger partial charge in [-0.15, -0.1) is 0 Å². The lowest BCUT2D eigenvalue weighted by Gasteiger charge is -2.35. The maximum absolute atomic E-state index is 12.2. The smallest absolute Gasteiger partial charge is 0.226 e. The molecule has 0 unspecified atom stereocenters. The quantitative estimate of drug-likeness (QED) is 0.871. The van der Waals surface area contributed by atoms with Gasteiger partial charge in [-0.25, -0.2) is 0 Å². The zero-order valence-corrected chi connectivity index (χ0v) is 15.0. The van der Waals surface area contributed by atoms with Crippen LogP contribution in [-0.2, 0) is 11.2 Å². The fourth-order valence-electron chi connectivity index (χ4n) is 3.06. The van der Waals surface area contributed by atoms with E-state index in [2.05, 4.69) is 20.4 Å². The van der Waals surface area contributed by atoms with Crippen LogP contribution in [0.15, 0.2) is 24.3 Å². The average Bonchev–Trinajstić information content (AvgIpc) is 2.92. The number of hydrogen-bond donors (Lipinski definition) is 2. The highest BCUT2D eigenvalue weighted by Gasteiger charge is 2.23. The van der Waals surface area contributed by atoms with E-state index in [-0.39, 0.29) is 11.9 Å². The zero-order valence-electron chi connectivity index (χ0n) is 13.5. The van der Waals surface area contributed by atoms with E-state index in [1.165, 1.54) is 0 Å². The third-order valence-corrected chi connectivity index (χ3v) is 4.68. The van der Waals surface area contributed by atoms with Crippen molar-refractivity contribution in [2.75, 3.05) is 18.0 Å². The maximum atomic E-state index is 12.2. The van der Waals surface area contributed by atoms with E-state index in [0.29, 0.717) is 16.5 Å². The van der Waals surface area contributed by atoms with Crippen LogP contribution in [0, 0.1) is 6.92 Å². The number of aryl methyl sites for hydroxylation is 1. The molecular weight excluding hydrogens is 347 g/mol. The maximum Gasteiger partial charge on any atom is 0.226 e. The number of nitrogens with one attached hydrogen (secondary N) is 2. The SMILES string of the molecule is Cc1cc(CC(=O)N[C@H]2CCCN(c3ccc(Cl)cc3Cl)C2)n[nH]1. The highest BCUT2D eigenvalue weighted by Crippen LogP contribution is 2.30. The van der Waals surface area contributed by atoms with E-state index in [1.807, 2.05) is 25.1 Å². The molecule has 1 amide bonds. The number of halogens is 2. The van der Waals surface area contributed by atoms with Crippen LogP contribution < -0.4 is 10.2 Å². The normalized spacial score (nSPS) is 17.8. The van der Waals surface area contributed by atoms with Crippen molar-refractivity contribution in [2.24, 2.45) is 0 Å². The number of carbonyl (C=O) groups excluding carboxylic acids is 1. The summed E-state index contributed by atoms with van der Waals surface area (Å²) in [4.78, 5) is 14.4. The zero-order chi connectivity index (χ0) is 17.1. The van der Waals surface area contributed by atoms with Gasteiger partial charge in [0.05, 0.1) is 22.8 Å². The standard InChI is InChI=1S/C17H20Cl2N4O/c1-11-7-14(22-21-11)9-17(24)20-13-3-2-6-23(10-13)16-5-4-12(18)8-15(16)19/h4-5,7-8,13H,2-3,6,9-10H2,1H3,(H,20,24)(H,21,22)/t13-/m0/s1. The highest BCUT2D eigenvalue weighted by atomic mass is 35.5. The topological polar surface area (TPSA) is 61.0 Å². The molecule has 0 spiro atoms. The molecule has 0 saturated carbocycles. The summed E-state index contributed by atoms with van der Waals surface area (Å²) in [6, 6.07) is 7.52. The summed E-state index contributed by atoms with van der Waals surface area (Å²) in [7, 11) is 0. The van der Waals surface area contributed by atoms with Gasteiger partial charge >= 0.3 is 0 Å². The number of H-pyrrole nitrogens is 1. The molecule has 1 saturated heterocycles. The van der Waals surface area contributed by atoms with Gasteiger partial charge in [0.15, 0.2) is 0 Å². The molecule has 1 aromatic carbocycles. The van der Waals surface area contributed by atoms with Crippen LogP contribution in [0.2, 0.25) is 10.0 Å². The van der Waals surface area contributed by atoms with Crippen LogP contribution in [0.25, 0.3) is 0 Å². The van der Waals surface area contributed by atoms with Crippen LogP contribution in [0.1, 0.15) is 24.2 Å². The Balaban J connectivity index is 1.60. The summed E-state index contributed by atoms with van der Waals surface area (Å²) in [5.74, 6) is -0.00412. The number of rotatable bonds is 4. The lowest BCUT2D eigenvalue weighted by atomic mass is 10.0. The molecule has 0 aliphatic carbocycles. The fourth-order valence-corrected chi connectivity index (χ4v) is 3.59. The summed E-state index contributed by atoms with van der Waals surface area (Å²) in [5, 5.41) is 11.3. The number of carbonyl (C=O) groups is 1. The molecule has 5 nitrogen and oxygen atoms in total. The summed E-state index contributed by atoms with van der Waals surface area (Å²) >= 11 is 12.3. The molecule has 0 bridgehead atoms. The van der Waals surface area contributed by atoms with Crippen molar-refractivity contribution in [3.63, 3.8) is 0 Å². The molecule has 1 atom stereocenters. The first-order valence-electron chi connectivity index (χ1n) is 8.01. The van der Waals surface area contributed by atoms with E-state index in [4.69, 9.17) is 23.2 Å². The summed E-state index contributed by atoms with van der Waals surface area (Å²) in [6.45, 7) is 3.59. The van der Waals surface area contributed by atoms with E-state index < -0.39 is 0 Å². The molecule has 2 heterocycles. The third-order valence-electron chi connectivity index (χ3n) is 4.14. The van der Waals surface area contributed by atoms with E-state index >= 15 is 0 Å². The molecule has 2 aromatic rings. The largest absolute Gasteiger partial charge is 0.368 e. The predicted molar refractivity (Wildman–Crippen MR) is 96.9 cm³/mol. The van der Waals surface area contributed by atoms with Crippen molar-refractivity contribution in [1.29, 1.82) is 0 Å². The Morgan fingerprint density at radius 1 is 1.42 bits per heavy atom. The van der Waals surface area contributed by atoms with Crippen LogP contribution in [-0.4, -0.2) is 35.2 Å². The number of benzene rings is 1. The molecule has 128 valence electrons. The van der Waals surface area contributed by atoms with Crippen LogP contribution in [0.4, 0.5) is 5.69 Å². The van der Waals surface area contributed by atoms with Crippen LogP contribution >= 0.6 is 23.2 Å². The Morgan fingerprint density at radius 2 is 2.25 bits per heavy atom. The number of aromatic amines is 1. The lowest BCUT2D eigenvalue weighted by molar-refractivity contribution is -0.121. The molecule has 3 rings (SSSR count). The van der Waals surface area contributed by atoms with Gasteiger partial charge in [0.2, 0.25) is 5.91 Å². The van der Waals surface area contributed by atoms with E-state index in [9.17, 15) is 4.79 Å². The van der Waals surface area contributed by atoms with Gasteiger partial charge in [-0.2, -0.15) is 5.10 Å². The first-order chi connectivity index (χ1) is 11.5. The number of amides is 1. The molecule has 7 heteroatoms. The molecule has 0 radical (unpaired) electrons. The Bertz CT molecular complexity index is 731. The molecule has 1 aliphatic heterocycles. The van der Waals surface area contributed by atoms with Crippen molar-refractivity contribution in [3.05, 3.63) is 45.7 Å². The van der Waals surface area contributed by atoms with Crippen molar-refractivity contribution >= 4 is 34.8 Å². The van der Waals surface area contributed by atoms with Crippen molar-refractivity contribution in [1.82, 2.24) is 15.5 Å². The van der Waals surface area contributed by atoms with Crippen LogP contribution in [0.3, 0.4) is 0 Å². The monoisotopic (exact) mass is 366 g/mol. The fraction of sp³-hybridized carbons (Fsp3) is 0.412. The Labute approximate surface area is 151 Å². The van der Waals surface area contributed by atoms with Crippen LogP contribution in [0.5, 0.6) is 0 Å². The van der Waals surface area contributed by atoms with Crippen molar-refractivity contribution in [3.8, 4) is 0 Å². The number of hydrogen-bond acceptors (Lipinski definition) is 3. The van der Waals surface area contributed by atoms with Gasteiger partial charge in [0.1, 0.15) is 0 Å². The molecule has 1 aliphatic rings. The van der Waals surface area contributed by atoms with Gasteiger partial charge in [0.25, 0.3) is 0 Å². The second-order valence-corrected chi connectivity index (χ2v) is 7.01. The number of anilines is 1. The van der Waals surface area contributed by atoms with E-state index in [1.54, 1.807) is 6.07 Å². The van der Waals surface area contributed by atoms with Crippen molar-refractivity contribution in [2.45, 2.75) is 32.2 Å². The minimum atomic E-state index is -0.00412. The first kappa shape index (κ1) is 17.1. The average molecular weight is 367 g/mol. The Hall–Kier alpha value is -1.72. The number of aromatic nitrogens is 2. The second-order valence-electron chi connectivity index (χ2n) is 6.17. The molecule has 24 heavy (non-hydrogen) atoms. The molecular formula is C17H20Cl2N4O.